The number of aromatic nitrogens is 2. The highest BCUT2D eigenvalue weighted by Gasteiger charge is 2.32. The van der Waals surface area contributed by atoms with Gasteiger partial charge < -0.3 is 4.98 Å². The van der Waals surface area contributed by atoms with Gasteiger partial charge in [0.2, 0.25) is 0 Å². The molecule has 0 saturated carbocycles. The molecule has 0 unspecified atom stereocenters. The predicted octanol–water partition coefficient (Wildman–Crippen LogP) is 8.84. The molecule has 0 aliphatic carbocycles. The van der Waals surface area contributed by atoms with Crippen LogP contribution in [0.5, 0.6) is 0 Å². The predicted molar refractivity (Wildman–Crippen MR) is 233 cm³/mol. The van der Waals surface area contributed by atoms with Crippen LogP contribution in [0.15, 0.2) is 203 Å². The minimum Gasteiger partial charge on any atom is -0.354 e. The van der Waals surface area contributed by atoms with Crippen molar-refractivity contribution in [1.82, 2.24) is 9.38 Å². The van der Waals surface area contributed by atoms with Crippen LogP contribution in [0.2, 0.25) is 0 Å². The Morgan fingerprint density at radius 2 is 1.12 bits per heavy atom. The number of allylic oxidation sites excluding steroid dienone is 4. The molecule has 3 aliphatic heterocycles. The molecule has 6 bridgehead atoms. The van der Waals surface area contributed by atoms with E-state index in [1.54, 1.807) is 12.1 Å². The Kier molecular flexibility index (Phi) is 7.88. The number of nitro benzene ring substituents is 1. The van der Waals surface area contributed by atoms with Gasteiger partial charge in [0.15, 0.2) is 0 Å². The summed E-state index contributed by atoms with van der Waals surface area (Å²) in [5, 5.41) is 13.3. The number of non-ortho nitro benzene ring substituents is 1. The first-order chi connectivity index (χ1) is 29.1. The Labute approximate surface area is 338 Å². The van der Waals surface area contributed by atoms with E-state index >= 15 is 0 Å². The summed E-state index contributed by atoms with van der Waals surface area (Å²) in [4.78, 5) is 26.0. The zero-order chi connectivity index (χ0) is 39.5. The molecule has 5 aromatic carbocycles. The number of hydrogen-bond donors (Lipinski definition) is 1. The van der Waals surface area contributed by atoms with Crippen LogP contribution in [-0.2, 0) is 0 Å². The van der Waals surface area contributed by atoms with Gasteiger partial charge in [0.1, 0.15) is 5.49 Å². The SMILES string of the molecule is O=[N+]([O-])c1ccc(C#CC2=C3N=c4c2c(-c2ccccc2)c2ccc(n42)C(c2ccccc2)=C2C=CC(=N2)C(c2ccccc2)=c2ccc([nH]2)=C3c2ccccc2)cc1. The van der Waals surface area contributed by atoms with E-state index in [0.29, 0.717) is 5.56 Å². The normalized spacial score (nSPS) is 14.1. The summed E-state index contributed by atoms with van der Waals surface area (Å²) in [7, 11) is 0. The molecule has 7 heteroatoms. The van der Waals surface area contributed by atoms with Gasteiger partial charge in [-0.2, -0.15) is 0 Å². The zero-order valence-corrected chi connectivity index (χ0v) is 31.4. The van der Waals surface area contributed by atoms with E-state index in [1.165, 1.54) is 12.1 Å². The van der Waals surface area contributed by atoms with Gasteiger partial charge in [0.05, 0.1) is 38.8 Å². The van der Waals surface area contributed by atoms with Crippen molar-refractivity contribution in [2.75, 3.05) is 0 Å². The van der Waals surface area contributed by atoms with Crippen LogP contribution in [-0.4, -0.2) is 20.0 Å². The summed E-state index contributed by atoms with van der Waals surface area (Å²) in [6.45, 7) is 0. The van der Waals surface area contributed by atoms with Gasteiger partial charge >= 0.3 is 0 Å². The number of nitro groups is 1. The van der Waals surface area contributed by atoms with Gasteiger partial charge in [-0.25, -0.2) is 9.98 Å². The second-order valence-electron chi connectivity index (χ2n) is 14.5. The van der Waals surface area contributed by atoms with E-state index in [-0.39, 0.29) is 5.69 Å². The summed E-state index contributed by atoms with van der Waals surface area (Å²) in [5.41, 5.74) is 15.5. The van der Waals surface area contributed by atoms with Gasteiger partial charge in [-0.3, -0.25) is 14.5 Å². The summed E-state index contributed by atoms with van der Waals surface area (Å²) in [6.07, 6.45) is 4.24. The molecular weight excluding hydrogens is 727 g/mol. The van der Waals surface area contributed by atoms with E-state index in [1.807, 2.05) is 36.4 Å². The number of benzene rings is 5. The largest absolute Gasteiger partial charge is 0.354 e. The molecule has 3 aliphatic rings. The standard InChI is InChI=1S/C52H31N5O2/c58-57(59)38-24-21-33(22-25-38)23-26-39-50-49(37-19-11-4-12-20-37)45-32-31-44-47(35-15-7-2-8-16-35)42-29-27-40(53-42)46(34-13-5-1-6-14-34)41-28-30-43(54-41)48(36-17-9-3-10-18-36)51(39)55-52(50)56(44)45/h1-22,24-25,27-32,54H. The molecule has 0 radical (unpaired) electrons. The highest BCUT2D eigenvalue weighted by atomic mass is 16.6. The quantitative estimate of drug-likeness (QED) is 0.108. The van der Waals surface area contributed by atoms with Crippen molar-refractivity contribution in [2.45, 2.75) is 0 Å². The van der Waals surface area contributed by atoms with E-state index < -0.39 is 4.92 Å². The number of fused-ring (bicyclic) bond motifs is 4. The maximum Gasteiger partial charge on any atom is 0.269 e. The van der Waals surface area contributed by atoms with Crippen LogP contribution < -0.4 is 16.2 Å². The number of H-pyrrole nitrogens is 1. The Balaban J connectivity index is 1.33. The second-order valence-corrected chi connectivity index (χ2v) is 14.5. The number of nitrogens with one attached hydrogen (secondary N) is 1. The first-order valence-corrected chi connectivity index (χ1v) is 19.4. The maximum absolute atomic E-state index is 11.5. The van der Waals surface area contributed by atoms with Crippen LogP contribution in [0.1, 0.15) is 33.5 Å². The van der Waals surface area contributed by atoms with Gasteiger partial charge in [-0.15, -0.1) is 0 Å². The van der Waals surface area contributed by atoms with Crippen molar-refractivity contribution in [3.05, 3.63) is 253 Å². The first-order valence-electron chi connectivity index (χ1n) is 19.4. The minimum absolute atomic E-state index is 0.0155. The van der Waals surface area contributed by atoms with Crippen LogP contribution in [0, 0.1) is 22.0 Å². The van der Waals surface area contributed by atoms with Crippen molar-refractivity contribution in [3.8, 4) is 23.0 Å². The van der Waals surface area contributed by atoms with Gasteiger partial charge in [-0.05, 0) is 70.8 Å². The average Bonchev–Trinajstić information content (AvgIpc) is 4.13. The Bertz CT molecular complexity index is 3410. The lowest BCUT2D eigenvalue weighted by Gasteiger charge is -2.12. The summed E-state index contributed by atoms with van der Waals surface area (Å²) in [6, 6.07) is 56.5. The second kappa shape index (κ2) is 13.7. The number of rotatable bonds is 5. The smallest absolute Gasteiger partial charge is 0.269 e. The lowest BCUT2D eigenvalue weighted by atomic mass is 9.93. The third-order valence-corrected chi connectivity index (χ3v) is 11.1. The minimum atomic E-state index is -0.397. The van der Waals surface area contributed by atoms with Gasteiger partial charge in [-0.1, -0.05) is 133 Å². The fourth-order valence-corrected chi connectivity index (χ4v) is 8.46. The molecule has 0 fully saturated rings. The van der Waals surface area contributed by atoms with E-state index in [2.05, 4.69) is 143 Å². The van der Waals surface area contributed by atoms with E-state index in [0.717, 1.165) is 100 Å². The topological polar surface area (TPSA) is 88.1 Å². The van der Waals surface area contributed by atoms with Crippen LogP contribution in [0.3, 0.4) is 0 Å². The fraction of sp³-hybridized carbons (Fsp3) is 0. The molecule has 11 rings (SSSR count). The highest BCUT2D eigenvalue weighted by Crippen LogP contribution is 2.42. The van der Waals surface area contributed by atoms with E-state index in [4.69, 9.17) is 9.98 Å². The molecule has 59 heavy (non-hydrogen) atoms. The number of aliphatic imine (C=N–C) groups is 1. The number of aromatic amines is 1. The van der Waals surface area contributed by atoms with Crippen LogP contribution in [0.4, 0.5) is 5.69 Å². The maximum atomic E-state index is 11.5. The fourth-order valence-electron chi connectivity index (χ4n) is 8.46. The molecule has 3 aromatic heterocycles. The molecule has 1 N–H and O–H groups in total. The molecule has 0 atom stereocenters. The Morgan fingerprint density at radius 1 is 0.542 bits per heavy atom. The highest BCUT2D eigenvalue weighted by molar-refractivity contribution is 6.30. The molecule has 0 saturated heterocycles. The van der Waals surface area contributed by atoms with Crippen molar-refractivity contribution >= 4 is 39.2 Å². The number of hydrogen-bond acceptors (Lipinski definition) is 4. The average molecular weight is 758 g/mol. The summed E-state index contributed by atoms with van der Waals surface area (Å²) in [5.74, 6) is 6.97. The summed E-state index contributed by atoms with van der Waals surface area (Å²) >= 11 is 0. The number of nitrogens with zero attached hydrogens (tertiary/aromatic N) is 4. The van der Waals surface area contributed by atoms with Gasteiger partial charge in [0.25, 0.3) is 5.69 Å². The third-order valence-electron chi connectivity index (χ3n) is 11.1. The van der Waals surface area contributed by atoms with Crippen molar-refractivity contribution in [3.63, 3.8) is 0 Å². The molecule has 0 amide bonds. The van der Waals surface area contributed by atoms with E-state index in [9.17, 15) is 10.1 Å². The lowest BCUT2D eigenvalue weighted by Crippen LogP contribution is -2.20. The van der Waals surface area contributed by atoms with Gasteiger partial charge in [0, 0.05) is 56.2 Å². The van der Waals surface area contributed by atoms with Crippen molar-refractivity contribution in [1.29, 1.82) is 0 Å². The lowest BCUT2D eigenvalue weighted by molar-refractivity contribution is -0.384. The molecule has 7 nitrogen and oxygen atoms in total. The Morgan fingerprint density at radius 3 is 1.75 bits per heavy atom. The van der Waals surface area contributed by atoms with Crippen molar-refractivity contribution in [2.24, 2.45) is 9.98 Å². The van der Waals surface area contributed by atoms with Crippen LogP contribution >= 0.6 is 0 Å². The third kappa shape index (κ3) is 5.62. The monoisotopic (exact) mass is 757 g/mol. The molecule has 276 valence electrons. The Hall–Kier alpha value is -8.34. The zero-order valence-electron chi connectivity index (χ0n) is 31.4. The van der Waals surface area contributed by atoms with Crippen LogP contribution in [0.25, 0.3) is 38.9 Å². The van der Waals surface area contributed by atoms with Crippen molar-refractivity contribution < 1.29 is 4.92 Å². The molecule has 8 aromatic rings. The first kappa shape index (κ1) is 34.0. The molecule has 6 heterocycles. The molecule has 0 spiro atoms. The summed E-state index contributed by atoms with van der Waals surface area (Å²) < 4.78 is 2.27. The molecular formula is C52H31N5O2.